The molecule has 3 atom stereocenters. The SMILES string of the molecule is COc1cc2c(cc1I)C[C@H]1C3CCCC[C@@]23CCN1C(=O)OCc1ccccc1. The number of nitrogens with zero attached hydrogens (tertiary/aromatic N) is 1. The molecule has 2 aromatic carbocycles. The number of carbonyl (C=O) groups is 1. The Morgan fingerprint density at radius 1 is 1.20 bits per heavy atom. The molecule has 5 rings (SSSR count). The number of amides is 1. The average molecular weight is 517 g/mol. The molecule has 158 valence electrons. The third-order valence-electron chi connectivity index (χ3n) is 7.54. The zero-order valence-corrected chi connectivity index (χ0v) is 19.6. The first-order valence-corrected chi connectivity index (χ1v) is 12.0. The highest BCUT2D eigenvalue weighted by atomic mass is 127. The average Bonchev–Trinajstić information content (AvgIpc) is 2.78. The van der Waals surface area contributed by atoms with Crippen molar-refractivity contribution < 1.29 is 14.3 Å². The summed E-state index contributed by atoms with van der Waals surface area (Å²) < 4.78 is 12.6. The van der Waals surface area contributed by atoms with Gasteiger partial charge < -0.3 is 14.4 Å². The lowest BCUT2D eigenvalue weighted by atomic mass is 9.52. The van der Waals surface area contributed by atoms with Crippen LogP contribution in [-0.4, -0.2) is 30.7 Å². The molecule has 0 radical (unpaired) electrons. The van der Waals surface area contributed by atoms with Crippen molar-refractivity contribution in [3.05, 3.63) is 62.7 Å². The van der Waals surface area contributed by atoms with E-state index in [-0.39, 0.29) is 17.6 Å². The van der Waals surface area contributed by atoms with Crippen molar-refractivity contribution in [1.29, 1.82) is 0 Å². The van der Waals surface area contributed by atoms with Crippen LogP contribution in [0.15, 0.2) is 42.5 Å². The first kappa shape index (κ1) is 20.2. The molecule has 0 spiro atoms. The Kier molecular flexibility index (Phi) is 5.42. The van der Waals surface area contributed by atoms with E-state index in [4.69, 9.17) is 9.47 Å². The van der Waals surface area contributed by atoms with Gasteiger partial charge in [-0.25, -0.2) is 4.79 Å². The second-order valence-corrected chi connectivity index (χ2v) is 10.1. The summed E-state index contributed by atoms with van der Waals surface area (Å²) in [6, 6.07) is 14.8. The summed E-state index contributed by atoms with van der Waals surface area (Å²) in [6.07, 6.45) is 6.73. The van der Waals surface area contributed by atoms with Gasteiger partial charge in [-0.15, -0.1) is 0 Å². The van der Waals surface area contributed by atoms with Crippen molar-refractivity contribution in [1.82, 2.24) is 4.90 Å². The molecule has 2 fully saturated rings. The number of ether oxygens (including phenoxy) is 2. The molecule has 1 saturated heterocycles. The maximum absolute atomic E-state index is 13.1. The highest BCUT2D eigenvalue weighted by Gasteiger charge is 2.55. The lowest BCUT2D eigenvalue weighted by molar-refractivity contribution is -0.0137. The van der Waals surface area contributed by atoms with Crippen LogP contribution >= 0.6 is 22.6 Å². The second-order valence-electron chi connectivity index (χ2n) is 8.91. The molecule has 2 aromatic rings. The van der Waals surface area contributed by atoms with Gasteiger partial charge in [0, 0.05) is 18.0 Å². The first-order valence-electron chi connectivity index (χ1n) is 11.0. The molecule has 0 N–H and O–H groups in total. The lowest BCUT2D eigenvalue weighted by Gasteiger charge is -2.58. The smallest absolute Gasteiger partial charge is 0.410 e. The van der Waals surface area contributed by atoms with E-state index >= 15 is 0 Å². The van der Waals surface area contributed by atoms with Gasteiger partial charge in [0.15, 0.2) is 0 Å². The molecule has 4 nitrogen and oxygen atoms in total. The zero-order valence-electron chi connectivity index (χ0n) is 17.4. The van der Waals surface area contributed by atoms with E-state index in [1.165, 1.54) is 36.8 Å². The molecule has 30 heavy (non-hydrogen) atoms. The van der Waals surface area contributed by atoms with E-state index < -0.39 is 0 Å². The minimum atomic E-state index is -0.158. The molecule has 5 heteroatoms. The maximum Gasteiger partial charge on any atom is 0.410 e. The summed E-state index contributed by atoms with van der Waals surface area (Å²) in [7, 11) is 1.76. The van der Waals surface area contributed by atoms with E-state index in [0.717, 1.165) is 34.3 Å². The number of carbonyl (C=O) groups excluding carboxylic acids is 1. The summed E-state index contributed by atoms with van der Waals surface area (Å²) in [4.78, 5) is 15.1. The molecule has 1 unspecified atom stereocenters. The topological polar surface area (TPSA) is 38.8 Å². The van der Waals surface area contributed by atoms with Gasteiger partial charge in [-0.2, -0.15) is 0 Å². The Labute approximate surface area is 192 Å². The highest BCUT2D eigenvalue weighted by molar-refractivity contribution is 14.1. The van der Waals surface area contributed by atoms with Crippen LogP contribution in [0.3, 0.4) is 0 Å². The maximum atomic E-state index is 13.1. The fourth-order valence-corrected chi connectivity index (χ4v) is 6.95. The monoisotopic (exact) mass is 517 g/mol. The van der Waals surface area contributed by atoms with Crippen LogP contribution in [0.2, 0.25) is 0 Å². The number of fused-ring (bicyclic) bond motifs is 1. The van der Waals surface area contributed by atoms with E-state index in [0.29, 0.717) is 12.5 Å². The third kappa shape index (κ3) is 3.29. The molecule has 2 aliphatic carbocycles. The molecule has 2 bridgehead atoms. The van der Waals surface area contributed by atoms with E-state index in [1.807, 2.05) is 35.2 Å². The Morgan fingerprint density at radius 3 is 2.83 bits per heavy atom. The van der Waals surface area contributed by atoms with Gasteiger partial charge >= 0.3 is 6.09 Å². The van der Waals surface area contributed by atoms with Crippen molar-refractivity contribution >= 4 is 28.7 Å². The molecule has 1 saturated carbocycles. The Hall–Kier alpha value is -1.76. The minimum absolute atomic E-state index is 0.158. The van der Waals surface area contributed by atoms with Crippen LogP contribution in [-0.2, 0) is 23.2 Å². The summed E-state index contributed by atoms with van der Waals surface area (Å²) in [5.41, 5.74) is 4.09. The largest absolute Gasteiger partial charge is 0.496 e. The van der Waals surface area contributed by atoms with Crippen molar-refractivity contribution in [3.8, 4) is 5.75 Å². The van der Waals surface area contributed by atoms with Gasteiger partial charge in [0.25, 0.3) is 0 Å². The van der Waals surface area contributed by atoms with Crippen molar-refractivity contribution in [2.24, 2.45) is 5.92 Å². The Bertz CT molecular complexity index is 947. The van der Waals surface area contributed by atoms with Gasteiger partial charge in [-0.05, 0) is 83.0 Å². The predicted molar refractivity (Wildman–Crippen MR) is 125 cm³/mol. The summed E-state index contributed by atoms with van der Waals surface area (Å²) in [5.74, 6) is 1.50. The van der Waals surface area contributed by atoms with Gasteiger partial charge in [0.1, 0.15) is 12.4 Å². The fourth-order valence-electron chi connectivity index (χ4n) is 6.20. The molecule has 1 amide bonds. The van der Waals surface area contributed by atoms with Crippen molar-refractivity contribution in [2.75, 3.05) is 13.7 Å². The van der Waals surface area contributed by atoms with Gasteiger partial charge in [-0.3, -0.25) is 0 Å². The Balaban J connectivity index is 1.44. The van der Waals surface area contributed by atoms with Crippen LogP contribution in [0.4, 0.5) is 4.79 Å². The van der Waals surface area contributed by atoms with Gasteiger partial charge in [0.2, 0.25) is 0 Å². The standard InChI is InChI=1S/C25H28INO3/c1-29-23-15-20-18(13-21(23)26)14-22-19-9-5-6-10-25(19,20)11-12-27(22)24(28)30-16-17-7-3-2-4-8-17/h2-4,7-8,13,15,19,22H,5-6,9-12,14,16H2,1H3/t19?,22-,25-/m0/s1. The summed E-state index contributed by atoms with van der Waals surface area (Å²) in [5, 5.41) is 0. The van der Waals surface area contributed by atoms with Crippen molar-refractivity contribution in [2.45, 2.75) is 56.6 Å². The van der Waals surface area contributed by atoms with Gasteiger partial charge in [0.05, 0.1) is 10.7 Å². The van der Waals surface area contributed by atoms with E-state index in [2.05, 4.69) is 34.7 Å². The van der Waals surface area contributed by atoms with E-state index in [9.17, 15) is 4.79 Å². The van der Waals surface area contributed by atoms with Crippen LogP contribution in [0.1, 0.15) is 48.8 Å². The summed E-state index contributed by atoms with van der Waals surface area (Å²) in [6.45, 7) is 1.12. The quantitative estimate of drug-likeness (QED) is 0.491. The van der Waals surface area contributed by atoms with Crippen LogP contribution in [0.5, 0.6) is 5.75 Å². The highest BCUT2D eigenvalue weighted by Crippen LogP contribution is 2.56. The van der Waals surface area contributed by atoms with E-state index in [1.54, 1.807) is 7.11 Å². The molecular formula is C25H28INO3. The molecule has 0 aromatic heterocycles. The predicted octanol–water partition coefficient (Wildman–Crippen LogP) is 5.70. The number of methoxy groups -OCH3 is 1. The normalized spacial score (nSPS) is 27.1. The second kappa shape index (κ2) is 8.06. The number of likely N-dealkylation sites (tertiary alicyclic amines) is 1. The molecular weight excluding hydrogens is 489 g/mol. The Morgan fingerprint density at radius 2 is 2.03 bits per heavy atom. The fraction of sp³-hybridized carbons (Fsp3) is 0.480. The first-order chi connectivity index (χ1) is 14.6. The molecule has 1 aliphatic heterocycles. The van der Waals surface area contributed by atoms with Gasteiger partial charge in [-0.1, -0.05) is 43.2 Å². The molecule has 1 heterocycles. The van der Waals surface area contributed by atoms with Crippen LogP contribution in [0, 0.1) is 9.49 Å². The van der Waals surface area contributed by atoms with Crippen LogP contribution < -0.4 is 4.74 Å². The summed E-state index contributed by atoms with van der Waals surface area (Å²) >= 11 is 2.36. The number of hydrogen-bond acceptors (Lipinski definition) is 3. The lowest BCUT2D eigenvalue weighted by Crippen LogP contribution is -2.62. The zero-order chi connectivity index (χ0) is 20.7. The number of benzene rings is 2. The number of piperidine rings is 1. The number of halogens is 1. The number of rotatable bonds is 3. The number of hydrogen-bond donors (Lipinski definition) is 0. The minimum Gasteiger partial charge on any atom is -0.496 e. The van der Waals surface area contributed by atoms with Crippen molar-refractivity contribution in [3.63, 3.8) is 0 Å². The molecule has 3 aliphatic rings. The third-order valence-corrected chi connectivity index (χ3v) is 8.39. The van der Waals surface area contributed by atoms with Crippen LogP contribution in [0.25, 0.3) is 0 Å².